The molecule has 2 N–H and O–H groups in total. The van der Waals surface area contributed by atoms with E-state index in [1.165, 1.54) is 0 Å². The summed E-state index contributed by atoms with van der Waals surface area (Å²) in [6, 6.07) is 19.6. The Morgan fingerprint density at radius 2 is 1.75 bits per heavy atom. The Labute approximate surface area is 211 Å². The Balaban J connectivity index is 1.39. The van der Waals surface area contributed by atoms with Gasteiger partial charge in [0, 0.05) is 18.3 Å². The van der Waals surface area contributed by atoms with Crippen molar-refractivity contribution in [3.8, 4) is 16.3 Å². The van der Waals surface area contributed by atoms with Gasteiger partial charge in [-0.15, -0.1) is 11.3 Å². The van der Waals surface area contributed by atoms with Crippen molar-refractivity contribution in [1.82, 2.24) is 14.8 Å². The average Bonchev–Trinajstić information content (AvgIpc) is 3.52. The summed E-state index contributed by atoms with van der Waals surface area (Å²) in [6.07, 6.45) is 0. The number of benzene rings is 2. The van der Waals surface area contributed by atoms with Crippen molar-refractivity contribution >= 4 is 45.6 Å². The van der Waals surface area contributed by atoms with Crippen LogP contribution in [0.2, 0.25) is 0 Å². The van der Waals surface area contributed by atoms with E-state index in [9.17, 15) is 9.59 Å². The van der Waals surface area contributed by atoms with Crippen LogP contribution < -0.4 is 15.4 Å². The Bertz CT molecular complexity index is 1570. The van der Waals surface area contributed by atoms with Crippen molar-refractivity contribution in [3.63, 3.8) is 0 Å². The third kappa shape index (κ3) is 4.44. The number of ether oxygens (including phenoxy) is 1. The number of aromatic nitrogens is 3. The number of carbonyl (C=O) groups is 2. The maximum absolute atomic E-state index is 13.4. The predicted octanol–water partition coefficient (Wildman–Crippen LogP) is 5.52. The number of anilines is 2. The van der Waals surface area contributed by atoms with Gasteiger partial charge in [-0.1, -0.05) is 18.2 Å². The zero-order valence-electron chi connectivity index (χ0n) is 19.9. The monoisotopic (exact) mass is 497 g/mol. The number of hydrogen-bond acceptors (Lipinski definition) is 6. The van der Waals surface area contributed by atoms with Crippen LogP contribution in [0.4, 0.5) is 11.4 Å². The molecule has 36 heavy (non-hydrogen) atoms. The highest BCUT2D eigenvalue weighted by Crippen LogP contribution is 2.30. The molecule has 0 saturated carbocycles. The van der Waals surface area contributed by atoms with Gasteiger partial charge in [0.05, 0.1) is 40.0 Å². The lowest BCUT2D eigenvalue weighted by Crippen LogP contribution is -2.15. The van der Waals surface area contributed by atoms with E-state index < -0.39 is 0 Å². The molecule has 0 saturated heterocycles. The number of pyridine rings is 1. The zero-order valence-corrected chi connectivity index (χ0v) is 20.7. The Hall–Kier alpha value is -4.50. The second kappa shape index (κ2) is 9.63. The van der Waals surface area contributed by atoms with Gasteiger partial charge in [0.15, 0.2) is 5.65 Å². The molecule has 0 radical (unpaired) electrons. The fourth-order valence-electron chi connectivity index (χ4n) is 4.02. The van der Waals surface area contributed by atoms with E-state index in [0.29, 0.717) is 45.0 Å². The quantitative estimate of drug-likeness (QED) is 0.322. The lowest BCUT2D eigenvalue weighted by Gasteiger charge is -2.11. The molecular weight excluding hydrogens is 474 g/mol. The Morgan fingerprint density at radius 1 is 0.972 bits per heavy atom. The molecule has 180 valence electrons. The number of nitrogens with one attached hydrogen (secondary N) is 2. The molecule has 8 nitrogen and oxygen atoms in total. The summed E-state index contributed by atoms with van der Waals surface area (Å²) < 4.78 is 6.98. The molecule has 0 aliphatic heterocycles. The van der Waals surface area contributed by atoms with E-state index in [2.05, 4.69) is 15.7 Å². The first-order valence-corrected chi connectivity index (χ1v) is 12.1. The maximum atomic E-state index is 13.4. The third-order valence-electron chi connectivity index (χ3n) is 5.75. The molecule has 3 heterocycles. The van der Waals surface area contributed by atoms with Crippen molar-refractivity contribution < 1.29 is 14.3 Å². The van der Waals surface area contributed by atoms with Gasteiger partial charge in [0.25, 0.3) is 11.8 Å². The highest BCUT2D eigenvalue weighted by molar-refractivity contribution is 7.13. The number of hydrogen-bond donors (Lipinski definition) is 2. The normalized spacial score (nSPS) is 10.9. The van der Waals surface area contributed by atoms with Crippen LogP contribution >= 0.6 is 11.3 Å². The molecule has 0 unspecified atom stereocenters. The predicted molar refractivity (Wildman–Crippen MR) is 142 cm³/mol. The summed E-state index contributed by atoms with van der Waals surface area (Å²) >= 11 is 1.56. The summed E-state index contributed by atoms with van der Waals surface area (Å²) in [7, 11) is 3.37. The van der Waals surface area contributed by atoms with Crippen LogP contribution in [0.25, 0.3) is 21.6 Å². The van der Waals surface area contributed by atoms with E-state index in [1.54, 1.807) is 65.6 Å². The van der Waals surface area contributed by atoms with Gasteiger partial charge in [-0.3, -0.25) is 14.3 Å². The number of carbonyl (C=O) groups excluding carboxylic acids is 2. The first-order valence-electron chi connectivity index (χ1n) is 11.2. The lowest BCUT2D eigenvalue weighted by molar-refractivity contribution is 0.102. The molecule has 5 aromatic rings. The minimum Gasteiger partial charge on any atom is -0.495 e. The molecule has 0 atom stereocenters. The standard InChI is InChI=1S/C27H23N5O3S/c1-16-24-19(15-21(23-9-6-14-36-23)29-25(24)32(2)31-16)27(34)28-18-12-10-17(11-13-18)26(33)30-20-7-4-5-8-22(20)35-3/h4-15H,1-3H3,(H,28,34)(H,30,33). The number of amides is 2. The molecule has 3 aromatic heterocycles. The SMILES string of the molecule is COc1ccccc1NC(=O)c1ccc(NC(=O)c2cc(-c3cccs3)nc3c2c(C)nn3C)cc1. The molecule has 0 fully saturated rings. The molecule has 5 rings (SSSR count). The van der Waals surface area contributed by atoms with Crippen LogP contribution in [0.5, 0.6) is 5.75 Å². The highest BCUT2D eigenvalue weighted by Gasteiger charge is 2.20. The third-order valence-corrected chi connectivity index (χ3v) is 6.64. The van der Waals surface area contributed by atoms with Gasteiger partial charge in [-0.25, -0.2) is 4.98 Å². The van der Waals surface area contributed by atoms with Gasteiger partial charge in [0.2, 0.25) is 0 Å². The maximum Gasteiger partial charge on any atom is 0.256 e. The van der Waals surface area contributed by atoms with E-state index in [0.717, 1.165) is 10.6 Å². The second-order valence-electron chi connectivity index (χ2n) is 8.13. The van der Waals surface area contributed by atoms with Crippen LogP contribution in [0.15, 0.2) is 72.1 Å². The van der Waals surface area contributed by atoms with Crippen molar-refractivity contribution in [3.05, 3.63) is 88.9 Å². The van der Waals surface area contributed by atoms with Gasteiger partial charge < -0.3 is 15.4 Å². The number of aryl methyl sites for hydroxylation is 2. The Kier molecular flexibility index (Phi) is 6.22. The van der Waals surface area contributed by atoms with E-state index >= 15 is 0 Å². The van der Waals surface area contributed by atoms with E-state index in [4.69, 9.17) is 9.72 Å². The smallest absolute Gasteiger partial charge is 0.256 e. The summed E-state index contributed by atoms with van der Waals surface area (Å²) in [5, 5.41) is 12.9. The van der Waals surface area contributed by atoms with Crippen molar-refractivity contribution in [2.24, 2.45) is 7.05 Å². The number of para-hydroxylation sites is 2. The van der Waals surface area contributed by atoms with Crippen molar-refractivity contribution in [2.75, 3.05) is 17.7 Å². The highest BCUT2D eigenvalue weighted by atomic mass is 32.1. The fraction of sp³-hybridized carbons (Fsp3) is 0.111. The number of nitrogens with zero attached hydrogens (tertiary/aromatic N) is 3. The first kappa shape index (κ1) is 23.3. The first-order chi connectivity index (χ1) is 17.4. The van der Waals surface area contributed by atoms with E-state index in [-0.39, 0.29) is 11.8 Å². The molecule has 0 aliphatic carbocycles. The average molecular weight is 498 g/mol. The van der Waals surface area contributed by atoms with Crippen LogP contribution in [0.3, 0.4) is 0 Å². The molecule has 0 spiro atoms. The Morgan fingerprint density at radius 3 is 2.47 bits per heavy atom. The van der Waals surface area contributed by atoms with Crippen LogP contribution in [-0.4, -0.2) is 33.7 Å². The zero-order chi connectivity index (χ0) is 25.2. The topological polar surface area (TPSA) is 98.1 Å². The summed E-state index contributed by atoms with van der Waals surface area (Å²) in [4.78, 5) is 31.8. The van der Waals surface area contributed by atoms with Crippen molar-refractivity contribution in [1.29, 1.82) is 0 Å². The van der Waals surface area contributed by atoms with Gasteiger partial charge in [-0.05, 0) is 60.8 Å². The molecule has 0 aliphatic rings. The summed E-state index contributed by atoms with van der Waals surface area (Å²) in [6.45, 7) is 1.86. The molecule has 2 aromatic carbocycles. The minimum atomic E-state index is -0.278. The minimum absolute atomic E-state index is 0.275. The molecule has 0 bridgehead atoms. The van der Waals surface area contributed by atoms with E-state index in [1.807, 2.05) is 43.6 Å². The van der Waals surface area contributed by atoms with Crippen molar-refractivity contribution in [2.45, 2.75) is 6.92 Å². The second-order valence-corrected chi connectivity index (χ2v) is 9.07. The van der Waals surface area contributed by atoms with Crippen LogP contribution in [-0.2, 0) is 7.05 Å². The van der Waals surface area contributed by atoms with Gasteiger partial charge in [0.1, 0.15) is 5.75 Å². The van der Waals surface area contributed by atoms with Gasteiger partial charge in [-0.2, -0.15) is 5.10 Å². The largest absolute Gasteiger partial charge is 0.495 e. The number of methoxy groups -OCH3 is 1. The van der Waals surface area contributed by atoms with Crippen LogP contribution in [0.1, 0.15) is 26.4 Å². The van der Waals surface area contributed by atoms with Gasteiger partial charge >= 0.3 is 0 Å². The molecular formula is C27H23N5O3S. The summed E-state index contributed by atoms with van der Waals surface area (Å²) in [5.41, 5.74) is 4.18. The molecule has 2 amide bonds. The lowest BCUT2D eigenvalue weighted by atomic mass is 10.1. The molecule has 9 heteroatoms. The number of rotatable bonds is 6. The van der Waals surface area contributed by atoms with Crippen LogP contribution in [0, 0.1) is 6.92 Å². The number of fused-ring (bicyclic) bond motifs is 1. The fourth-order valence-corrected chi connectivity index (χ4v) is 4.71. The summed E-state index contributed by atoms with van der Waals surface area (Å²) in [5.74, 6) is 0.0216. The number of thiophene rings is 1.